The highest BCUT2D eigenvalue weighted by molar-refractivity contribution is 5.93. The predicted octanol–water partition coefficient (Wildman–Crippen LogP) is 5.31. The van der Waals surface area contributed by atoms with Gasteiger partial charge in [0.15, 0.2) is 11.6 Å². The number of nitrogens with two attached hydrogens (primary N) is 1. The van der Waals surface area contributed by atoms with Crippen molar-refractivity contribution < 1.29 is 4.79 Å². The highest BCUT2D eigenvalue weighted by atomic mass is 16.1. The van der Waals surface area contributed by atoms with E-state index in [0.717, 1.165) is 30.4 Å². The van der Waals surface area contributed by atoms with E-state index < -0.39 is 5.91 Å². The van der Waals surface area contributed by atoms with Crippen LogP contribution in [0.1, 0.15) is 67.4 Å². The highest BCUT2D eigenvalue weighted by Gasteiger charge is 2.11. The van der Waals surface area contributed by atoms with Gasteiger partial charge in [0.05, 0.1) is 0 Å². The highest BCUT2D eigenvalue weighted by Crippen LogP contribution is 2.25. The summed E-state index contributed by atoms with van der Waals surface area (Å²) in [7, 11) is 0. The van der Waals surface area contributed by atoms with Crippen molar-refractivity contribution in [2.75, 3.05) is 0 Å². The molecule has 152 valence electrons. The Morgan fingerprint density at radius 3 is 2.34 bits per heavy atom. The Kier molecular flexibility index (Phi) is 7.17. The van der Waals surface area contributed by atoms with Gasteiger partial charge in [0.25, 0.3) is 0 Å². The van der Waals surface area contributed by atoms with E-state index in [9.17, 15) is 4.79 Å². The molecule has 5 nitrogen and oxygen atoms in total. The number of nitrogens with one attached hydrogen (secondary N) is 1. The van der Waals surface area contributed by atoms with Gasteiger partial charge in [0, 0.05) is 16.7 Å². The summed E-state index contributed by atoms with van der Waals surface area (Å²) in [5.74, 6) is 0.934. The Morgan fingerprint density at radius 2 is 1.66 bits per heavy atom. The Bertz CT molecular complexity index is 944. The molecule has 0 aliphatic rings. The number of carbonyl (C=O) groups is 1. The van der Waals surface area contributed by atoms with E-state index in [2.05, 4.69) is 47.2 Å². The zero-order valence-corrected chi connectivity index (χ0v) is 17.4. The van der Waals surface area contributed by atoms with Crippen LogP contribution in [0, 0.1) is 0 Å². The van der Waals surface area contributed by atoms with Gasteiger partial charge in [-0.05, 0) is 48.6 Å². The number of amides is 1. The lowest BCUT2D eigenvalue weighted by Gasteiger charge is -2.10. The third kappa shape index (κ3) is 5.31. The molecule has 0 atom stereocenters. The van der Waals surface area contributed by atoms with Crippen molar-refractivity contribution in [3.8, 4) is 22.8 Å². The molecule has 5 heteroatoms. The van der Waals surface area contributed by atoms with Gasteiger partial charge in [-0.25, -0.2) is 4.98 Å². The van der Waals surface area contributed by atoms with E-state index in [1.807, 2.05) is 12.1 Å². The number of aromatic amines is 1. The van der Waals surface area contributed by atoms with Crippen LogP contribution < -0.4 is 5.73 Å². The second-order valence-electron chi connectivity index (χ2n) is 7.49. The van der Waals surface area contributed by atoms with Crippen LogP contribution >= 0.6 is 0 Å². The number of aromatic nitrogens is 3. The zero-order valence-electron chi connectivity index (χ0n) is 17.4. The largest absolute Gasteiger partial charge is 0.366 e. The molecule has 0 spiro atoms. The van der Waals surface area contributed by atoms with Gasteiger partial charge >= 0.3 is 0 Å². The Morgan fingerprint density at radius 1 is 0.897 bits per heavy atom. The maximum atomic E-state index is 11.2. The quantitative estimate of drug-likeness (QED) is 0.460. The van der Waals surface area contributed by atoms with Gasteiger partial charge in [0.1, 0.15) is 0 Å². The van der Waals surface area contributed by atoms with Gasteiger partial charge in [-0.15, -0.1) is 0 Å². The first-order chi connectivity index (χ1) is 14.1. The first-order valence-electron chi connectivity index (χ1n) is 10.6. The second-order valence-corrected chi connectivity index (χ2v) is 7.49. The number of hydrogen-bond acceptors (Lipinski definition) is 3. The van der Waals surface area contributed by atoms with Crippen LogP contribution in [-0.2, 0) is 12.8 Å². The molecule has 0 aliphatic heterocycles. The predicted molar refractivity (Wildman–Crippen MR) is 118 cm³/mol. The van der Waals surface area contributed by atoms with E-state index in [0.29, 0.717) is 17.2 Å². The van der Waals surface area contributed by atoms with Crippen molar-refractivity contribution in [2.45, 2.75) is 58.8 Å². The molecule has 1 aromatic heterocycles. The first-order valence-corrected chi connectivity index (χ1v) is 10.6. The Hall–Kier alpha value is -2.95. The van der Waals surface area contributed by atoms with Gasteiger partial charge in [-0.3, -0.25) is 9.89 Å². The number of unbranched alkanes of at least 4 members (excludes halogenated alkanes) is 3. The van der Waals surface area contributed by atoms with Gasteiger partial charge in [-0.2, -0.15) is 5.10 Å². The number of carbonyl (C=O) groups excluding carboxylic acids is 1. The van der Waals surface area contributed by atoms with E-state index in [-0.39, 0.29) is 0 Å². The molecule has 0 saturated carbocycles. The summed E-state index contributed by atoms with van der Waals surface area (Å²) in [6.07, 6.45) is 8.40. The van der Waals surface area contributed by atoms with E-state index in [1.54, 1.807) is 12.1 Å². The fourth-order valence-corrected chi connectivity index (χ4v) is 3.57. The molecular formula is C24H30N4O. The molecular weight excluding hydrogens is 360 g/mol. The summed E-state index contributed by atoms with van der Waals surface area (Å²) in [5, 5.41) is 7.43. The normalized spacial score (nSPS) is 11.0. The first kappa shape index (κ1) is 20.8. The number of H-pyrrole nitrogens is 1. The molecule has 0 unspecified atom stereocenters. The number of primary amides is 1. The molecule has 29 heavy (non-hydrogen) atoms. The van der Waals surface area contributed by atoms with E-state index in [4.69, 9.17) is 5.73 Å². The van der Waals surface area contributed by atoms with Crippen LogP contribution in [0.4, 0.5) is 0 Å². The number of nitrogens with zero attached hydrogens (tertiary/aromatic N) is 2. The lowest BCUT2D eigenvalue weighted by Crippen LogP contribution is -2.10. The molecule has 0 saturated heterocycles. The second kappa shape index (κ2) is 10.0. The van der Waals surface area contributed by atoms with Gasteiger partial charge < -0.3 is 5.73 Å². The standard InChI is InChI=1S/C24H30N4O/c1-3-5-6-7-9-20-16-21(15-10-17(20)8-4-2)24-26-23(27-28-24)19-13-11-18(12-14-19)22(25)29/h10-16H,3-9H2,1-2H3,(H2,25,29)(H,26,27,28). The summed E-state index contributed by atoms with van der Waals surface area (Å²) >= 11 is 0. The number of rotatable bonds is 10. The van der Waals surface area contributed by atoms with Crippen LogP contribution in [0.25, 0.3) is 22.8 Å². The third-order valence-corrected chi connectivity index (χ3v) is 5.21. The van der Waals surface area contributed by atoms with Crippen molar-refractivity contribution in [2.24, 2.45) is 5.73 Å². The van der Waals surface area contributed by atoms with Crippen molar-refractivity contribution in [1.29, 1.82) is 0 Å². The van der Waals surface area contributed by atoms with Crippen LogP contribution in [-0.4, -0.2) is 21.1 Å². The maximum absolute atomic E-state index is 11.2. The van der Waals surface area contributed by atoms with Crippen LogP contribution in [0.3, 0.4) is 0 Å². The molecule has 2 aromatic carbocycles. The summed E-state index contributed by atoms with van der Waals surface area (Å²) in [5.41, 5.74) is 10.5. The molecule has 0 bridgehead atoms. The molecule has 1 heterocycles. The summed E-state index contributed by atoms with van der Waals surface area (Å²) in [6, 6.07) is 13.7. The summed E-state index contributed by atoms with van der Waals surface area (Å²) < 4.78 is 0. The minimum Gasteiger partial charge on any atom is -0.366 e. The maximum Gasteiger partial charge on any atom is 0.248 e. The minimum absolute atomic E-state index is 0.437. The monoisotopic (exact) mass is 390 g/mol. The molecule has 3 aromatic rings. The van der Waals surface area contributed by atoms with Crippen LogP contribution in [0.2, 0.25) is 0 Å². The fraction of sp³-hybridized carbons (Fsp3) is 0.375. The van der Waals surface area contributed by atoms with E-state index in [1.165, 1.54) is 36.8 Å². The molecule has 0 aliphatic carbocycles. The Labute approximate surface area is 172 Å². The number of benzene rings is 2. The zero-order chi connectivity index (χ0) is 20.6. The average molecular weight is 391 g/mol. The third-order valence-electron chi connectivity index (χ3n) is 5.21. The van der Waals surface area contributed by atoms with E-state index >= 15 is 0 Å². The van der Waals surface area contributed by atoms with Gasteiger partial charge in [0.2, 0.25) is 5.91 Å². The smallest absolute Gasteiger partial charge is 0.248 e. The van der Waals surface area contributed by atoms with Crippen LogP contribution in [0.15, 0.2) is 42.5 Å². The summed E-state index contributed by atoms with van der Waals surface area (Å²) in [6.45, 7) is 4.46. The number of aryl methyl sites for hydroxylation is 2. The molecule has 3 rings (SSSR count). The van der Waals surface area contributed by atoms with Crippen LogP contribution in [0.5, 0.6) is 0 Å². The Balaban J connectivity index is 1.81. The lowest BCUT2D eigenvalue weighted by molar-refractivity contribution is 0.100. The number of hydrogen-bond donors (Lipinski definition) is 2. The van der Waals surface area contributed by atoms with Gasteiger partial charge in [-0.1, -0.05) is 63.8 Å². The van der Waals surface area contributed by atoms with Crippen molar-refractivity contribution in [3.63, 3.8) is 0 Å². The molecule has 1 amide bonds. The topological polar surface area (TPSA) is 84.7 Å². The SMILES string of the molecule is CCCCCCc1cc(-c2n[nH]c(-c3ccc(C(N)=O)cc3)n2)ccc1CCC. The van der Waals surface area contributed by atoms with Crippen molar-refractivity contribution >= 4 is 5.91 Å². The fourth-order valence-electron chi connectivity index (χ4n) is 3.57. The summed E-state index contributed by atoms with van der Waals surface area (Å²) in [4.78, 5) is 15.9. The molecule has 3 N–H and O–H groups in total. The average Bonchev–Trinajstić information content (AvgIpc) is 3.23. The van der Waals surface area contributed by atoms with Crippen molar-refractivity contribution in [3.05, 3.63) is 59.2 Å². The minimum atomic E-state index is -0.437. The van der Waals surface area contributed by atoms with Crippen molar-refractivity contribution in [1.82, 2.24) is 15.2 Å². The molecule has 0 fully saturated rings. The molecule has 0 radical (unpaired) electrons. The lowest BCUT2D eigenvalue weighted by atomic mass is 9.95.